The van der Waals surface area contributed by atoms with Crippen molar-refractivity contribution in [3.63, 3.8) is 0 Å². The summed E-state index contributed by atoms with van der Waals surface area (Å²) >= 11 is 0. The molecule has 3 heterocycles. The number of benzene rings is 2. The highest BCUT2D eigenvalue weighted by molar-refractivity contribution is 6.04. The molecule has 0 saturated carbocycles. The molecule has 5 rings (SSSR count). The van der Waals surface area contributed by atoms with Crippen LogP contribution in [0.1, 0.15) is 0 Å². The summed E-state index contributed by atoms with van der Waals surface area (Å²) in [7, 11) is 0. The van der Waals surface area contributed by atoms with E-state index in [1.165, 1.54) is 12.1 Å². The summed E-state index contributed by atoms with van der Waals surface area (Å²) in [4.78, 5) is 18.0. The van der Waals surface area contributed by atoms with Crippen LogP contribution in [0.4, 0.5) is 5.69 Å². The molecule has 1 N–H and O–H groups in total. The molecule has 0 atom stereocenters. The number of imidazole rings is 1. The average Bonchev–Trinajstić information content (AvgIpc) is 3.08. The van der Waals surface area contributed by atoms with Crippen LogP contribution < -0.4 is 10.8 Å². The number of pyridine rings is 2. The van der Waals surface area contributed by atoms with E-state index in [9.17, 15) is 10.0 Å². The van der Waals surface area contributed by atoms with E-state index in [0.29, 0.717) is 22.2 Å². The highest BCUT2D eigenvalue weighted by atomic mass is 16.8. The molecule has 3 aromatic heterocycles. The molecule has 0 aliphatic carbocycles. The highest BCUT2D eigenvalue weighted by Crippen LogP contribution is 2.26. The zero-order valence-corrected chi connectivity index (χ0v) is 14.0. The van der Waals surface area contributed by atoms with Gasteiger partial charge in [-0.25, -0.2) is 4.98 Å². The Morgan fingerprint density at radius 1 is 0.926 bits per heavy atom. The van der Waals surface area contributed by atoms with E-state index in [2.05, 4.69) is 0 Å². The van der Waals surface area contributed by atoms with Gasteiger partial charge in [0.05, 0.1) is 11.4 Å². The van der Waals surface area contributed by atoms with Crippen LogP contribution in [0.15, 0.2) is 77.7 Å². The standard InChI is InChI=1S/C20H13N4O3/c25-20-16-6-2-1-5-15(16)18-19(22-12-4-3-7-17(22)21-18)23(20)13-8-10-14(11-9-13)24(26)27/h1-12,26H/q-1. The SMILES string of the molecule is O=c1c2ccccc2c2nc3ccccn3c2n1-c1ccc(N([O-])O)cc1. The van der Waals surface area contributed by atoms with Gasteiger partial charge in [0.25, 0.3) is 5.56 Å². The van der Waals surface area contributed by atoms with Gasteiger partial charge in [-0.15, -0.1) is 0 Å². The van der Waals surface area contributed by atoms with Crippen molar-refractivity contribution < 1.29 is 5.21 Å². The van der Waals surface area contributed by atoms with Gasteiger partial charge in [-0.05, 0) is 42.5 Å². The van der Waals surface area contributed by atoms with Crippen LogP contribution >= 0.6 is 0 Å². The Morgan fingerprint density at radius 2 is 1.63 bits per heavy atom. The van der Waals surface area contributed by atoms with Gasteiger partial charge >= 0.3 is 0 Å². The quantitative estimate of drug-likeness (QED) is 0.489. The lowest BCUT2D eigenvalue weighted by atomic mass is 10.1. The number of rotatable bonds is 2. The molecule has 0 saturated heterocycles. The molecule has 0 amide bonds. The van der Waals surface area contributed by atoms with E-state index >= 15 is 0 Å². The Kier molecular flexibility index (Phi) is 3.27. The lowest BCUT2D eigenvalue weighted by molar-refractivity contribution is 0.296. The first kappa shape index (κ1) is 15.6. The van der Waals surface area contributed by atoms with E-state index < -0.39 is 0 Å². The molecule has 132 valence electrons. The second kappa shape index (κ2) is 5.66. The lowest BCUT2D eigenvalue weighted by Gasteiger charge is -2.21. The number of aromatic nitrogens is 3. The molecule has 7 nitrogen and oxygen atoms in total. The molecule has 0 fully saturated rings. The normalized spacial score (nSPS) is 11.5. The third kappa shape index (κ3) is 2.23. The maximum Gasteiger partial charge on any atom is 0.264 e. The van der Waals surface area contributed by atoms with Gasteiger partial charge in [-0.3, -0.25) is 19.0 Å². The van der Waals surface area contributed by atoms with E-state index in [4.69, 9.17) is 10.2 Å². The molecule has 0 unspecified atom stereocenters. The van der Waals surface area contributed by atoms with Crippen LogP contribution in [-0.4, -0.2) is 19.2 Å². The van der Waals surface area contributed by atoms with Gasteiger partial charge in [0, 0.05) is 17.0 Å². The fourth-order valence-corrected chi connectivity index (χ4v) is 3.44. The Bertz CT molecular complexity index is 1370. The van der Waals surface area contributed by atoms with E-state index in [1.807, 2.05) is 47.0 Å². The molecule has 0 radical (unpaired) electrons. The van der Waals surface area contributed by atoms with Crippen molar-refractivity contribution in [2.45, 2.75) is 0 Å². The van der Waals surface area contributed by atoms with Crippen molar-refractivity contribution in [3.8, 4) is 5.69 Å². The summed E-state index contributed by atoms with van der Waals surface area (Å²) in [5.41, 5.74) is 2.57. The first-order chi connectivity index (χ1) is 13.1. The van der Waals surface area contributed by atoms with Gasteiger partial charge in [0.1, 0.15) is 11.2 Å². The third-order valence-electron chi connectivity index (χ3n) is 4.66. The van der Waals surface area contributed by atoms with Crippen molar-refractivity contribution in [2.24, 2.45) is 0 Å². The van der Waals surface area contributed by atoms with Gasteiger partial charge < -0.3 is 10.4 Å². The maximum absolute atomic E-state index is 13.3. The zero-order chi connectivity index (χ0) is 18.5. The number of hydrogen-bond donors (Lipinski definition) is 1. The summed E-state index contributed by atoms with van der Waals surface area (Å²) in [6, 6.07) is 19.2. The average molecular weight is 357 g/mol. The summed E-state index contributed by atoms with van der Waals surface area (Å²) in [6.45, 7) is 0. The monoisotopic (exact) mass is 357 g/mol. The smallest absolute Gasteiger partial charge is 0.264 e. The lowest BCUT2D eigenvalue weighted by Crippen LogP contribution is -2.20. The summed E-state index contributed by atoms with van der Waals surface area (Å²) in [5.74, 6) is 0. The molecule has 27 heavy (non-hydrogen) atoms. The zero-order valence-electron chi connectivity index (χ0n) is 14.0. The highest BCUT2D eigenvalue weighted by Gasteiger charge is 2.17. The minimum Gasteiger partial charge on any atom is -0.733 e. The number of hydrogen-bond acceptors (Lipinski definition) is 5. The van der Waals surface area contributed by atoms with Gasteiger partial charge in [-0.2, -0.15) is 0 Å². The Morgan fingerprint density at radius 3 is 2.37 bits per heavy atom. The number of nitrogens with zero attached hydrogens (tertiary/aromatic N) is 4. The van der Waals surface area contributed by atoms with Crippen molar-refractivity contribution in [1.29, 1.82) is 0 Å². The molecule has 0 aliphatic heterocycles. The number of fused-ring (bicyclic) bond motifs is 5. The second-order valence-corrected chi connectivity index (χ2v) is 6.19. The van der Waals surface area contributed by atoms with Crippen LogP contribution in [0.2, 0.25) is 0 Å². The first-order valence-corrected chi connectivity index (χ1v) is 8.32. The van der Waals surface area contributed by atoms with Gasteiger partial charge in [-0.1, -0.05) is 24.3 Å². The first-order valence-electron chi connectivity index (χ1n) is 8.32. The predicted molar refractivity (Wildman–Crippen MR) is 103 cm³/mol. The molecule has 7 heteroatoms. The molecule has 0 aliphatic rings. The molecular formula is C20H13N4O3-. The molecular weight excluding hydrogens is 344 g/mol. The van der Waals surface area contributed by atoms with Crippen molar-refractivity contribution >= 4 is 33.3 Å². The minimum absolute atomic E-state index is 0.0852. The van der Waals surface area contributed by atoms with Crippen LogP contribution in [0, 0.1) is 5.21 Å². The Labute approximate surface area is 152 Å². The third-order valence-corrected chi connectivity index (χ3v) is 4.66. The second-order valence-electron chi connectivity index (χ2n) is 6.19. The summed E-state index contributed by atoms with van der Waals surface area (Å²) in [5, 5.41) is 21.3. The molecule has 5 aromatic rings. The van der Waals surface area contributed by atoms with Crippen LogP contribution in [0.5, 0.6) is 0 Å². The van der Waals surface area contributed by atoms with E-state index in [0.717, 1.165) is 11.0 Å². The summed E-state index contributed by atoms with van der Waals surface area (Å²) in [6.07, 6.45) is 1.86. The van der Waals surface area contributed by atoms with Crippen LogP contribution in [0.3, 0.4) is 0 Å². The fraction of sp³-hybridized carbons (Fsp3) is 0. The van der Waals surface area contributed by atoms with Crippen molar-refractivity contribution in [1.82, 2.24) is 14.0 Å². The van der Waals surface area contributed by atoms with Gasteiger partial charge in [0.15, 0.2) is 5.65 Å². The van der Waals surface area contributed by atoms with Crippen LogP contribution in [-0.2, 0) is 0 Å². The van der Waals surface area contributed by atoms with E-state index in [1.54, 1.807) is 22.8 Å². The molecule has 0 spiro atoms. The fourth-order valence-electron chi connectivity index (χ4n) is 3.44. The Balaban J connectivity index is 1.97. The van der Waals surface area contributed by atoms with E-state index in [-0.39, 0.29) is 16.5 Å². The summed E-state index contributed by atoms with van der Waals surface area (Å²) < 4.78 is 3.44. The predicted octanol–water partition coefficient (Wildman–Crippen LogP) is 3.49. The van der Waals surface area contributed by atoms with Crippen molar-refractivity contribution in [3.05, 3.63) is 88.5 Å². The Hall–Kier alpha value is -3.68. The number of anilines is 1. The molecule has 2 aromatic carbocycles. The molecule has 0 bridgehead atoms. The van der Waals surface area contributed by atoms with Gasteiger partial charge in [0.2, 0.25) is 0 Å². The van der Waals surface area contributed by atoms with Crippen LogP contribution in [0.25, 0.3) is 33.3 Å². The largest absolute Gasteiger partial charge is 0.733 e. The minimum atomic E-state index is -0.212. The maximum atomic E-state index is 13.3. The topological polar surface area (TPSA) is 85.8 Å². The van der Waals surface area contributed by atoms with Crippen molar-refractivity contribution in [2.75, 3.05) is 5.23 Å².